The van der Waals surface area contributed by atoms with Gasteiger partial charge in [0, 0.05) is 11.1 Å². The van der Waals surface area contributed by atoms with Crippen LogP contribution in [0.4, 0.5) is 0 Å². The highest BCUT2D eigenvalue weighted by Crippen LogP contribution is 2.23. The lowest BCUT2D eigenvalue weighted by molar-refractivity contribution is -0.134. The van der Waals surface area contributed by atoms with E-state index in [0.29, 0.717) is 0 Å². The molecule has 1 saturated heterocycles. The molecule has 0 aromatic carbocycles. The first-order chi connectivity index (χ1) is 6.97. The monoisotopic (exact) mass is 208 g/mol. The number of nitrogens with one attached hydrogen (secondary N) is 1. The number of carbonyl (C=O) groups excluding carboxylic acids is 1. The number of nitrogens with zero attached hydrogens (tertiary/aromatic N) is 1. The minimum absolute atomic E-state index is 0.00362. The zero-order valence-corrected chi connectivity index (χ0v) is 9.28. The molecule has 4 heteroatoms. The van der Waals surface area contributed by atoms with Gasteiger partial charge in [-0.15, -0.1) is 0 Å². The van der Waals surface area contributed by atoms with Gasteiger partial charge in [-0.25, -0.2) is 0 Å². The summed E-state index contributed by atoms with van der Waals surface area (Å²) < 4.78 is 5.35. The minimum atomic E-state index is -0.245. The molecule has 0 aromatic rings. The van der Waals surface area contributed by atoms with Gasteiger partial charge >= 0.3 is 0 Å². The molecule has 2 heterocycles. The molecule has 1 N–H and O–H groups in total. The highest BCUT2D eigenvalue weighted by atomic mass is 16.5. The Kier molecular flexibility index (Phi) is 2.38. The lowest BCUT2D eigenvalue weighted by atomic mass is 9.88. The molecule has 0 aromatic heterocycles. The zero-order valence-electron chi connectivity index (χ0n) is 9.28. The molecule has 0 saturated carbocycles. The second-order valence-electron chi connectivity index (χ2n) is 4.91. The maximum atomic E-state index is 11.1. The van der Waals surface area contributed by atoms with Crippen LogP contribution in [0.25, 0.3) is 0 Å². The molecule has 2 aliphatic heterocycles. The number of fused-ring (bicyclic) bond motifs is 1. The highest BCUT2D eigenvalue weighted by Gasteiger charge is 2.31. The van der Waals surface area contributed by atoms with Crippen molar-refractivity contribution < 1.29 is 9.53 Å². The largest absolute Gasteiger partial charge is 0.360 e. The third-order valence-corrected chi connectivity index (χ3v) is 2.52. The van der Waals surface area contributed by atoms with Gasteiger partial charge in [-0.2, -0.15) is 0 Å². The van der Waals surface area contributed by atoms with E-state index in [2.05, 4.69) is 31.1 Å². The summed E-state index contributed by atoms with van der Waals surface area (Å²) in [6.07, 6.45) is 3.61. The van der Waals surface area contributed by atoms with Gasteiger partial charge in [0.1, 0.15) is 12.7 Å². The molecule has 0 aliphatic carbocycles. The first kappa shape index (κ1) is 10.4. The fourth-order valence-corrected chi connectivity index (χ4v) is 1.64. The van der Waals surface area contributed by atoms with Crippen molar-refractivity contribution in [3.8, 4) is 0 Å². The lowest BCUT2D eigenvalue weighted by Gasteiger charge is -2.33. The number of carbonyl (C=O) groups is 1. The number of hydrogen-bond acceptors (Lipinski definition) is 3. The van der Waals surface area contributed by atoms with Crippen molar-refractivity contribution in [2.24, 2.45) is 10.4 Å². The molecule has 2 rings (SSSR count). The highest BCUT2D eigenvalue weighted by molar-refractivity contribution is 6.00. The van der Waals surface area contributed by atoms with Gasteiger partial charge in [-0.3, -0.25) is 9.79 Å². The summed E-state index contributed by atoms with van der Waals surface area (Å²) in [6.45, 7) is 6.43. The van der Waals surface area contributed by atoms with E-state index in [4.69, 9.17) is 4.74 Å². The molecule has 0 radical (unpaired) electrons. The van der Waals surface area contributed by atoms with Gasteiger partial charge in [0.15, 0.2) is 6.17 Å². The second-order valence-corrected chi connectivity index (χ2v) is 4.91. The van der Waals surface area contributed by atoms with E-state index in [9.17, 15) is 4.79 Å². The molecule has 1 amide bonds. The molecule has 0 bridgehead atoms. The number of allylic oxidation sites excluding steroid dienone is 1. The van der Waals surface area contributed by atoms with Crippen LogP contribution in [0.5, 0.6) is 0 Å². The van der Waals surface area contributed by atoms with Crippen LogP contribution in [0.1, 0.15) is 20.8 Å². The van der Waals surface area contributed by atoms with Crippen LogP contribution < -0.4 is 5.32 Å². The predicted molar refractivity (Wildman–Crippen MR) is 57.7 cm³/mol. The van der Waals surface area contributed by atoms with E-state index >= 15 is 0 Å². The number of rotatable bonds is 0. The number of amides is 1. The Balaban J connectivity index is 2.20. The predicted octanol–water partition coefficient (Wildman–Crippen LogP) is 0.884. The van der Waals surface area contributed by atoms with Crippen molar-refractivity contribution in [1.82, 2.24) is 5.32 Å². The quantitative estimate of drug-likeness (QED) is 0.642. The van der Waals surface area contributed by atoms with E-state index in [1.165, 1.54) is 0 Å². The Hall–Kier alpha value is -1.16. The molecular formula is C11H16N2O2. The second kappa shape index (κ2) is 3.45. The topological polar surface area (TPSA) is 50.7 Å². The molecule has 2 unspecified atom stereocenters. The van der Waals surface area contributed by atoms with Crippen LogP contribution in [-0.2, 0) is 9.53 Å². The van der Waals surface area contributed by atoms with E-state index in [-0.39, 0.29) is 30.2 Å². The maximum Gasteiger partial charge on any atom is 0.247 e. The third kappa shape index (κ3) is 2.09. The van der Waals surface area contributed by atoms with Crippen LogP contribution >= 0.6 is 0 Å². The average Bonchev–Trinajstić information content (AvgIpc) is 2.15. The summed E-state index contributed by atoms with van der Waals surface area (Å²) in [5.41, 5.74) is 0.999. The van der Waals surface area contributed by atoms with Gasteiger partial charge in [0.25, 0.3) is 0 Å². The Morgan fingerprint density at radius 2 is 2.27 bits per heavy atom. The Labute approximate surface area is 89.4 Å². The number of aliphatic imine (C=N–C) groups is 1. The van der Waals surface area contributed by atoms with Crippen molar-refractivity contribution in [2.75, 3.05) is 6.61 Å². The summed E-state index contributed by atoms with van der Waals surface area (Å²) >= 11 is 0. The summed E-state index contributed by atoms with van der Waals surface area (Å²) in [5.74, 6) is -0.0939. The van der Waals surface area contributed by atoms with Crippen molar-refractivity contribution in [3.05, 3.63) is 12.2 Å². The maximum absolute atomic E-state index is 11.1. The number of hydrogen-bond donors (Lipinski definition) is 1. The van der Waals surface area contributed by atoms with Gasteiger partial charge in [0.05, 0.1) is 0 Å². The molecule has 0 spiro atoms. The lowest BCUT2D eigenvalue weighted by Crippen LogP contribution is -2.51. The first-order valence-electron chi connectivity index (χ1n) is 5.14. The number of morpholine rings is 1. The van der Waals surface area contributed by atoms with Gasteiger partial charge in [-0.1, -0.05) is 26.8 Å². The first-order valence-corrected chi connectivity index (χ1v) is 5.14. The molecule has 2 aliphatic rings. The summed E-state index contributed by atoms with van der Waals surface area (Å²) in [5, 5.41) is 2.82. The summed E-state index contributed by atoms with van der Waals surface area (Å²) in [4.78, 5) is 15.6. The van der Waals surface area contributed by atoms with Gasteiger partial charge in [-0.05, 0) is 6.08 Å². The fourth-order valence-electron chi connectivity index (χ4n) is 1.64. The average molecular weight is 208 g/mol. The van der Waals surface area contributed by atoms with Crippen LogP contribution in [-0.4, -0.2) is 30.5 Å². The number of dihydropyridines is 1. The third-order valence-electron chi connectivity index (χ3n) is 2.52. The van der Waals surface area contributed by atoms with Crippen molar-refractivity contribution in [3.63, 3.8) is 0 Å². The number of ether oxygens (including phenoxy) is 1. The standard InChI is InChI=1S/C11H16N2O2/c1-11(2,3)8-5-4-7-10(12-8)13-9(14)6-15-7/h4-5,7,10H,6H2,1-3H3,(H,13,14). The fraction of sp³-hybridized carbons (Fsp3) is 0.636. The van der Waals surface area contributed by atoms with Crippen molar-refractivity contribution >= 4 is 11.6 Å². The van der Waals surface area contributed by atoms with E-state index in [0.717, 1.165) is 5.71 Å². The van der Waals surface area contributed by atoms with Crippen LogP contribution in [0.3, 0.4) is 0 Å². The Morgan fingerprint density at radius 1 is 1.53 bits per heavy atom. The van der Waals surface area contributed by atoms with Gasteiger partial charge < -0.3 is 10.1 Å². The Morgan fingerprint density at radius 3 is 2.93 bits per heavy atom. The van der Waals surface area contributed by atoms with E-state index in [1.54, 1.807) is 0 Å². The minimum Gasteiger partial charge on any atom is -0.360 e. The van der Waals surface area contributed by atoms with Crippen LogP contribution in [0.2, 0.25) is 0 Å². The van der Waals surface area contributed by atoms with E-state index < -0.39 is 0 Å². The van der Waals surface area contributed by atoms with Crippen LogP contribution in [0, 0.1) is 5.41 Å². The smallest absolute Gasteiger partial charge is 0.247 e. The SMILES string of the molecule is CC(C)(C)C1=NC2NC(=O)COC2C=C1. The summed E-state index contributed by atoms with van der Waals surface area (Å²) in [7, 11) is 0. The van der Waals surface area contributed by atoms with Gasteiger partial charge in [0.2, 0.25) is 5.91 Å². The van der Waals surface area contributed by atoms with Crippen LogP contribution in [0.15, 0.2) is 17.1 Å². The molecule has 15 heavy (non-hydrogen) atoms. The zero-order chi connectivity index (χ0) is 11.1. The Bertz CT molecular complexity index is 339. The molecular weight excluding hydrogens is 192 g/mol. The molecule has 1 fully saturated rings. The molecule has 2 atom stereocenters. The van der Waals surface area contributed by atoms with Crippen molar-refractivity contribution in [1.29, 1.82) is 0 Å². The van der Waals surface area contributed by atoms with Crippen molar-refractivity contribution in [2.45, 2.75) is 33.0 Å². The normalized spacial score (nSPS) is 30.6. The van der Waals surface area contributed by atoms with E-state index in [1.807, 2.05) is 12.2 Å². The molecule has 82 valence electrons. The molecule has 4 nitrogen and oxygen atoms in total. The summed E-state index contributed by atoms with van der Waals surface area (Å²) in [6, 6.07) is 0.